The van der Waals surface area contributed by atoms with E-state index in [0.29, 0.717) is 11.6 Å². The first kappa shape index (κ1) is 14.8. The summed E-state index contributed by atoms with van der Waals surface area (Å²) in [5.74, 6) is 0.446. The summed E-state index contributed by atoms with van der Waals surface area (Å²) in [4.78, 5) is 26.9. The molecule has 3 heterocycles. The van der Waals surface area contributed by atoms with Gasteiger partial charge in [0, 0.05) is 37.1 Å². The minimum Gasteiger partial charge on any atom is -0.337 e. The topological polar surface area (TPSA) is 59.0 Å². The van der Waals surface area contributed by atoms with E-state index in [2.05, 4.69) is 33.2 Å². The number of fused-ring (bicyclic) bond motifs is 1. The zero-order valence-electron chi connectivity index (χ0n) is 13.3. The van der Waals surface area contributed by atoms with E-state index in [1.807, 2.05) is 23.2 Å². The van der Waals surface area contributed by atoms with Crippen molar-refractivity contribution in [2.75, 3.05) is 13.1 Å². The van der Waals surface area contributed by atoms with Gasteiger partial charge in [-0.05, 0) is 36.5 Å². The Bertz CT molecular complexity index is 860. The monoisotopic (exact) mass is 318 g/mol. The lowest BCUT2D eigenvalue weighted by Crippen LogP contribution is -2.29. The van der Waals surface area contributed by atoms with Crippen LogP contribution in [0.1, 0.15) is 22.5 Å². The fourth-order valence-electron chi connectivity index (χ4n) is 3.41. The van der Waals surface area contributed by atoms with Crippen molar-refractivity contribution in [1.82, 2.24) is 19.9 Å². The number of likely N-dealkylation sites (tertiary alicyclic amines) is 1. The molecular formula is C19H18N4O. The number of nitrogens with zero attached hydrogens (tertiary/aromatic N) is 4. The van der Waals surface area contributed by atoms with Crippen molar-refractivity contribution in [3.8, 4) is 0 Å². The molecule has 5 nitrogen and oxygen atoms in total. The molecule has 0 spiro atoms. The molecule has 0 N–H and O–H groups in total. The fraction of sp³-hybridized carbons (Fsp3) is 0.263. The molecule has 0 radical (unpaired) electrons. The summed E-state index contributed by atoms with van der Waals surface area (Å²) in [5.41, 5.74) is 2.76. The SMILES string of the molecule is O=C(c1cnccn1)N1CC[C@H](Cc2cccc3ncccc23)C1. The minimum absolute atomic E-state index is 0.0230. The van der Waals surface area contributed by atoms with Crippen LogP contribution < -0.4 is 0 Å². The molecule has 24 heavy (non-hydrogen) atoms. The number of rotatable bonds is 3. The fourth-order valence-corrected chi connectivity index (χ4v) is 3.41. The summed E-state index contributed by atoms with van der Waals surface area (Å²) < 4.78 is 0. The van der Waals surface area contributed by atoms with Crippen molar-refractivity contribution in [2.24, 2.45) is 5.92 Å². The molecule has 1 saturated heterocycles. The number of hydrogen-bond donors (Lipinski definition) is 0. The second kappa shape index (κ2) is 6.35. The number of carbonyl (C=O) groups is 1. The lowest BCUT2D eigenvalue weighted by Gasteiger charge is -2.16. The number of pyridine rings is 1. The molecule has 0 bridgehead atoms. The van der Waals surface area contributed by atoms with E-state index in [0.717, 1.165) is 31.4 Å². The van der Waals surface area contributed by atoms with Gasteiger partial charge in [0.15, 0.2) is 0 Å². The Labute approximate surface area is 140 Å². The zero-order chi connectivity index (χ0) is 16.4. The van der Waals surface area contributed by atoms with E-state index >= 15 is 0 Å². The van der Waals surface area contributed by atoms with E-state index in [4.69, 9.17) is 0 Å². The van der Waals surface area contributed by atoms with Crippen molar-refractivity contribution in [3.63, 3.8) is 0 Å². The summed E-state index contributed by atoms with van der Waals surface area (Å²) in [5, 5.41) is 1.21. The second-order valence-electron chi connectivity index (χ2n) is 6.19. The van der Waals surface area contributed by atoms with Gasteiger partial charge in [-0.25, -0.2) is 4.98 Å². The summed E-state index contributed by atoms with van der Waals surface area (Å²) in [6, 6.07) is 10.4. The van der Waals surface area contributed by atoms with Crippen molar-refractivity contribution >= 4 is 16.8 Å². The lowest BCUT2D eigenvalue weighted by atomic mass is 9.96. The molecule has 1 aliphatic rings. The third kappa shape index (κ3) is 2.85. The number of amides is 1. The Morgan fingerprint density at radius 3 is 2.96 bits per heavy atom. The molecule has 0 aliphatic carbocycles. The van der Waals surface area contributed by atoms with Gasteiger partial charge in [0.25, 0.3) is 5.91 Å². The maximum Gasteiger partial charge on any atom is 0.274 e. The van der Waals surface area contributed by atoms with Gasteiger partial charge < -0.3 is 4.90 Å². The molecule has 4 rings (SSSR count). The van der Waals surface area contributed by atoms with Crippen molar-refractivity contribution in [1.29, 1.82) is 0 Å². The summed E-state index contributed by atoms with van der Waals surface area (Å²) >= 11 is 0. The van der Waals surface area contributed by atoms with Gasteiger partial charge in [-0.15, -0.1) is 0 Å². The summed E-state index contributed by atoms with van der Waals surface area (Å²) in [6.07, 6.45) is 8.48. The Kier molecular flexibility index (Phi) is 3.91. The highest BCUT2D eigenvalue weighted by atomic mass is 16.2. The molecule has 2 aromatic heterocycles. The molecule has 1 aromatic carbocycles. The van der Waals surface area contributed by atoms with Gasteiger partial charge in [0.1, 0.15) is 5.69 Å². The number of aromatic nitrogens is 3. The van der Waals surface area contributed by atoms with Gasteiger partial charge in [0.2, 0.25) is 0 Å². The molecule has 1 aliphatic heterocycles. The van der Waals surface area contributed by atoms with Gasteiger partial charge in [-0.3, -0.25) is 14.8 Å². The summed E-state index contributed by atoms with van der Waals surface area (Å²) in [6.45, 7) is 1.55. The smallest absolute Gasteiger partial charge is 0.274 e. The van der Waals surface area contributed by atoms with Crippen LogP contribution in [0.5, 0.6) is 0 Å². The third-order valence-corrected chi connectivity index (χ3v) is 4.60. The summed E-state index contributed by atoms with van der Waals surface area (Å²) in [7, 11) is 0. The molecular weight excluding hydrogens is 300 g/mol. The molecule has 1 atom stereocenters. The Morgan fingerprint density at radius 1 is 1.12 bits per heavy atom. The standard InChI is InChI=1S/C19H18N4O/c24-19(18-12-20-8-9-22-18)23-10-6-14(13-23)11-15-3-1-5-17-16(15)4-2-7-21-17/h1-5,7-9,12,14H,6,10-11,13H2/t14-/m1/s1. The molecule has 5 heteroatoms. The largest absolute Gasteiger partial charge is 0.337 e. The van der Waals surface area contributed by atoms with Crippen LogP contribution in [-0.4, -0.2) is 38.8 Å². The first-order valence-electron chi connectivity index (χ1n) is 8.19. The van der Waals surface area contributed by atoms with Crippen LogP contribution in [0.2, 0.25) is 0 Å². The van der Waals surface area contributed by atoms with Crippen molar-refractivity contribution in [3.05, 3.63) is 66.4 Å². The van der Waals surface area contributed by atoms with E-state index in [1.165, 1.54) is 17.1 Å². The maximum absolute atomic E-state index is 12.5. The Morgan fingerprint density at radius 2 is 2.08 bits per heavy atom. The molecule has 0 saturated carbocycles. The first-order chi connectivity index (χ1) is 11.8. The Hall–Kier alpha value is -2.82. The molecule has 0 unspecified atom stereocenters. The van der Waals surface area contributed by atoms with Gasteiger partial charge >= 0.3 is 0 Å². The highest BCUT2D eigenvalue weighted by Crippen LogP contribution is 2.25. The molecule has 3 aromatic rings. The van der Waals surface area contributed by atoms with Crippen molar-refractivity contribution < 1.29 is 4.79 Å². The van der Waals surface area contributed by atoms with Crippen LogP contribution in [0.25, 0.3) is 10.9 Å². The number of hydrogen-bond acceptors (Lipinski definition) is 4. The molecule has 120 valence electrons. The van der Waals surface area contributed by atoms with Crippen LogP contribution in [0.4, 0.5) is 0 Å². The highest BCUT2D eigenvalue weighted by molar-refractivity contribution is 5.92. The van der Waals surface area contributed by atoms with Crippen LogP contribution in [0, 0.1) is 5.92 Å². The van der Waals surface area contributed by atoms with E-state index in [-0.39, 0.29) is 5.91 Å². The van der Waals surface area contributed by atoms with Crippen LogP contribution in [0.3, 0.4) is 0 Å². The quantitative estimate of drug-likeness (QED) is 0.745. The second-order valence-corrected chi connectivity index (χ2v) is 6.19. The third-order valence-electron chi connectivity index (χ3n) is 4.60. The average Bonchev–Trinajstić information content (AvgIpc) is 3.11. The normalized spacial score (nSPS) is 17.3. The van der Waals surface area contributed by atoms with Crippen LogP contribution >= 0.6 is 0 Å². The predicted octanol–water partition coefficient (Wildman–Crippen LogP) is 2.73. The van der Waals surface area contributed by atoms with Gasteiger partial charge in [-0.1, -0.05) is 18.2 Å². The van der Waals surface area contributed by atoms with Crippen LogP contribution in [-0.2, 0) is 6.42 Å². The van der Waals surface area contributed by atoms with Gasteiger partial charge in [-0.2, -0.15) is 0 Å². The van der Waals surface area contributed by atoms with E-state index in [9.17, 15) is 4.79 Å². The molecule has 1 fully saturated rings. The first-order valence-corrected chi connectivity index (χ1v) is 8.19. The van der Waals surface area contributed by atoms with E-state index < -0.39 is 0 Å². The van der Waals surface area contributed by atoms with E-state index in [1.54, 1.807) is 12.4 Å². The average molecular weight is 318 g/mol. The maximum atomic E-state index is 12.5. The lowest BCUT2D eigenvalue weighted by molar-refractivity contribution is 0.0781. The van der Waals surface area contributed by atoms with Crippen LogP contribution in [0.15, 0.2) is 55.1 Å². The zero-order valence-corrected chi connectivity index (χ0v) is 13.3. The highest BCUT2D eigenvalue weighted by Gasteiger charge is 2.28. The Balaban J connectivity index is 1.48. The minimum atomic E-state index is -0.0230. The predicted molar refractivity (Wildman–Crippen MR) is 91.5 cm³/mol. The van der Waals surface area contributed by atoms with Gasteiger partial charge in [0.05, 0.1) is 11.7 Å². The molecule has 1 amide bonds. The van der Waals surface area contributed by atoms with Crippen molar-refractivity contribution in [2.45, 2.75) is 12.8 Å². The number of benzene rings is 1. The number of carbonyl (C=O) groups excluding carboxylic acids is 1.